The number of anilines is 1. The highest BCUT2D eigenvalue weighted by atomic mass is 32.2. The molecule has 0 fully saturated rings. The fourth-order valence-corrected chi connectivity index (χ4v) is 3.76. The molecular weight excluding hydrogens is 346 g/mol. The van der Waals surface area contributed by atoms with E-state index in [1.807, 2.05) is 24.3 Å². The van der Waals surface area contributed by atoms with Crippen LogP contribution in [0.4, 0.5) is 5.69 Å². The number of hydrogen-bond donors (Lipinski definition) is 1. The summed E-state index contributed by atoms with van der Waals surface area (Å²) in [5.74, 6) is 1.15. The maximum Gasteiger partial charge on any atom is 0.229 e. The Morgan fingerprint density at radius 3 is 2.42 bits per heavy atom. The van der Waals surface area contributed by atoms with Crippen molar-refractivity contribution in [2.75, 3.05) is 17.5 Å². The summed E-state index contributed by atoms with van der Waals surface area (Å²) in [6.07, 6.45) is 2.97. The monoisotopic (exact) mass is 371 g/mol. The van der Waals surface area contributed by atoms with Crippen molar-refractivity contribution in [3.05, 3.63) is 65.2 Å². The van der Waals surface area contributed by atoms with E-state index >= 15 is 0 Å². The Hall–Kier alpha value is -2.34. The molecule has 3 rings (SSSR count). The van der Waals surface area contributed by atoms with Crippen LogP contribution in [0.15, 0.2) is 53.5 Å². The molecule has 0 spiro atoms. The number of fused-ring (bicyclic) bond motifs is 1. The van der Waals surface area contributed by atoms with Crippen LogP contribution >= 0.6 is 0 Å². The molecule has 2 aromatic rings. The summed E-state index contributed by atoms with van der Waals surface area (Å²) in [5.41, 5.74) is 4.41. The van der Waals surface area contributed by atoms with Gasteiger partial charge in [0.1, 0.15) is 0 Å². The molecule has 1 heterocycles. The zero-order valence-corrected chi connectivity index (χ0v) is 16.1. The van der Waals surface area contributed by atoms with Gasteiger partial charge in [-0.15, -0.1) is 0 Å². The number of nitrogens with one attached hydrogen (secondary N) is 1. The van der Waals surface area contributed by atoms with Crippen molar-refractivity contribution >= 4 is 21.5 Å². The van der Waals surface area contributed by atoms with Gasteiger partial charge in [0.2, 0.25) is 10.0 Å². The molecule has 138 valence electrons. The number of amidine groups is 1. The van der Waals surface area contributed by atoms with Crippen molar-refractivity contribution in [3.8, 4) is 0 Å². The lowest BCUT2D eigenvalue weighted by molar-refractivity contribution is 0.411. The summed E-state index contributed by atoms with van der Waals surface area (Å²) in [6, 6.07) is 16.1. The first-order valence-corrected chi connectivity index (χ1v) is 10.8. The van der Waals surface area contributed by atoms with Gasteiger partial charge < -0.3 is 4.90 Å². The van der Waals surface area contributed by atoms with Crippen LogP contribution in [0.3, 0.4) is 0 Å². The van der Waals surface area contributed by atoms with Crippen LogP contribution in [0, 0.1) is 0 Å². The fraction of sp³-hybridized carbons (Fsp3) is 0.350. The molecule has 1 aliphatic rings. The number of hydrogen-bond acceptors (Lipinski definition) is 4. The standard InChI is InChI=1S/C20H25N3O2S/c1-3-20-21-14-17-6-4-5-7-18(17)15-23(20)13-12-16-8-10-19(11-9-16)22-26(2,24)25/h4-11,22H,3,12-15H2,1-2H3. The van der Waals surface area contributed by atoms with Gasteiger partial charge in [-0.2, -0.15) is 0 Å². The van der Waals surface area contributed by atoms with Crippen molar-refractivity contribution in [2.45, 2.75) is 32.9 Å². The molecule has 0 radical (unpaired) electrons. The summed E-state index contributed by atoms with van der Waals surface area (Å²) in [7, 11) is -3.24. The van der Waals surface area contributed by atoms with Gasteiger partial charge in [-0.25, -0.2) is 8.42 Å². The first-order valence-electron chi connectivity index (χ1n) is 8.86. The Kier molecular flexibility index (Phi) is 5.61. The molecule has 0 saturated carbocycles. The summed E-state index contributed by atoms with van der Waals surface area (Å²) in [4.78, 5) is 7.15. The second-order valence-electron chi connectivity index (χ2n) is 6.60. The third-order valence-electron chi connectivity index (χ3n) is 4.52. The Morgan fingerprint density at radius 1 is 1.08 bits per heavy atom. The molecule has 0 unspecified atom stereocenters. The second-order valence-corrected chi connectivity index (χ2v) is 8.35. The van der Waals surface area contributed by atoms with Crippen molar-refractivity contribution < 1.29 is 8.42 Å². The first-order chi connectivity index (χ1) is 12.4. The van der Waals surface area contributed by atoms with Gasteiger partial charge in [0.05, 0.1) is 18.6 Å². The predicted octanol–water partition coefficient (Wildman–Crippen LogP) is 3.42. The van der Waals surface area contributed by atoms with Gasteiger partial charge in [-0.1, -0.05) is 43.3 Å². The van der Waals surface area contributed by atoms with E-state index in [0.717, 1.165) is 44.6 Å². The lowest BCUT2D eigenvalue weighted by atomic mass is 10.1. The second kappa shape index (κ2) is 7.91. The molecule has 0 atom stereocenters. The topological polar surface area (TPSA) is 61.8 Å². The van der Waals surface area contributed by atoms with Gasteiger partial charge >= 0.3 is 0 Å². The van der Waals surface area contributed by atoms with Crippen molar-refractivity contribution in [3.63, 3.8) is 0 Å². The van der Waals surface area contributed by atoms with Crippen LogP contribution in [0.1, 0.15) is 30.0 Å². The molecule has 2 aromatic carbocycles. The molecular formula is C20H25N3O2S. The Bertz CT molecular complexity index is 890. The van der Waals surface area contributed by atoms with Gasteiger partial charge in [-0.05, 0) is 35.2 Å². The van der Waals surface area contributed by atoms with Crippen LogP contribution in [0.25, 0.3) is 0 Å². The Morgan fingerprint density at radius 2 is 1.77 bits per heavy atom. The maximum absolute atomic E-state index is 11.3. The highest BCUT2D eigenvalue weighted by Crippen LogP contribution is 2.19. The van der Waals surface area contributed by atoms with Crippen molar-refractivity contribution in [1.82, 2.24) is 4.90 Å². The highest BCUT2D eigenvalue weighted by Gasteiger charge is 2.16. The zero-order valence-electron chi connectivity index (χ0n) is 15.3. The van der Waals surface area contributed by atoms with Crippen LogP contribution in [0.5, 0.6) is 0 Å². The van der Waals surface area contributed by atoms with Gasteiger partial charge in [0.25, 0.3) is 0 Å². The minimum absolute atomic E-state index is 0.593. The van der Waals surface area contributed by atoms with Gasteiger partial charge in [-0.3, -0.25) is 9.71 Å². The normalized spacial score (nSPS) is 14.4. The number of aliphatic imine (C=N–C) groups is 1. The number of rotatable bonds is 6. The Balaban J connectivity index is 1.68. The molecule has 1 aliphatic heterocycles. The van der Waals surface area contributed by atoms with Crippen molar-refractivity contribution in [2.24, 2.45) is 4.99 Å². The van der Waals surface area contributed by atoms with E-state index in [1.54, 1.807) is 0 Å². The first kappa shape index (κ1) is 18.5. The van der Waals surface area contributed by atoms with Gasteiger partial charge in [0.15, 0.2) is 0 Å². The molecule has 0 bridgehead atoms. The van der Waals surface area contributed by atoms with E-state index in [9.17, 15) is 8.42 Å². The minimum Gasteiger partial charge on any atom is -0.356 e. The average Bonchev–Trinajstić information content (AvgIpc) is 2.78. The van der Waals surface area contributed by atoms with E-state index in [-0.39, 0.29) is 0 Å². The number of sulfonamides is 1. The average molecular weight is 372 g/mol. The zero-order chi connectivity index (χ0) is 18.6. The largest absolute Gasteiger partial charge is 0.356 e. The van der Waals surface area contributed by atoms with Gasteiger partial charge in [0, 0.05) is 25.2 Å². The van der Waals surface area contributed by atoms with E-state index in [1.165, 1.54) is 16.7 Å². The van der Waals surface area contributed by atoms with E-state index in [2.05, 4.69) is 40.8 Å². The molecule has 0 amide bonds. The molecule has 5 nitrogen and oxygen atoms in total. The van der Waals surface area contributed by atoms with Crippen LogP contribution in [-0.2, 0) is 29.5 Å². The molecule has 26 heavy (non-hydrogen) atoms. The van der Waals surface area contributed by atoms with E-state index < -0.39 is 10.0 Å². The van der Waals surface area contributed by atoms with Crippen LogP contribution < -0.4 is 4.72 Å². The Labute approximate surface area is 155 Å². The summed E-state index contributed by atoms with van der Waals surface area (Å²) >= 11 is 0. The number of benzene rings is 2. The highest BCUT2D eigenvalue weighted by molar-refractivity contribution is 7.92. The molecule has 6 heteroatoms. The molecule has 0 aliphatic carbocycles. The summed E-state index contributed by atoms with van der Waals surface area (Å²) in [5, 5.41) is 0. The molecule has 1 N–H and O–H groups in total. The lowest BCUT2D eigenvalue weighted by Gasteiger charge is -2.25. The van der Waals surface area contributed by atoms with E-state index in [0.29, 0.717) is 5.69 Å². The SMILES string of the molecule is CCC1=NCc2ccccc2CN1CCc1ccc(NS(C)(=O)=O)cc1. The molecule has 0 aromatic heterocycles. The van der Waals surface area contributed by atoms with Crippen LogP contribution in [0.2, 0.25) is 0 Å². The quantitative estimate of drug-likeness (QED) is 0.846. The fourth-order valence-electron chi connectivity index (χ4n) is 3.20. The third kappa shape index (κ3) is 4.85. The number of nitrogens with zero attached hydrogens (tertiary/aromatic N) is 2. The third-order valence-corrected chi connectivity index (χ3v) is 5.13. The smallest absolute Gasteiger partial charge is 0.229 e. The summed E-state index contributed by atoms with van der Waals surface area (Å²) in [6.45, 7) is 4.67. The van der Waals surface area contributed by atoms with Crippen LogP contribution in [-0.4, -0.2) is 32.0 Å². The van der Waals surface area contributed by atoms with Crippen molar-refractivity contribution in [1.29, 1.82) is 0 Å². The minimum atomic E-state index is -3.24. The lowest BCUT2D eigenvalue weighted by Crippen LogP contribution is -2.31. The summed E-state index contributed by atoms with van der Waals surface area (Å²) < 4.78 is 25.1. The van der Waals surface area contributed by atoms with E-state index in [4.69, 9.17) is 4.99 Å². The predicted molar refractivity (Wildman–Crippen MR) is 107 cm³/mol. The molecule has 0 saturated heterocycles. The maximum atomic E-state index is 11.3.